The predicted molar refractivity (Wildman–Crippen MR) is 150 cm³/mol. The lowest BCUT2D eigenvalue weighted by molar-refractivity contribution is -0.169. The molecule has 0 aliphatic heterocycles. The molecule has 0 fully saturated rings. The number of amides is 1. The summed E-state index contributed by atoms with van der Waals surface area (Å²) in [4.78, 5) is 37.2. The van der Waals surface area contributed by atoms with Gasteiger partial charge in [0.05, 0.1) is 12.8 Å². The molecule has 1 unspecified atom stereocenters. The van der Waals surface area contributed by atoms with E-state index in [0.29, 0.717) is 13.1 Å². The van der Waals surface area contributed by atoms with Gasteiger partial charge in [0.25, 0.3) is 0 Å². The molecule has 0 radical (unpaired) electrons. The lowest BCUT2D eigenvalue weighted by Crippen LogP contribution is -2.46. The Morgan fingerprint density at radius 1 is 0.541 bits per heavy atom. The first-order valence-electron chi connectivity index (χ1n) is 15.2. The Labute approximate surface area is 226 Å². The fourth-order valence-corrected chi connectivity index (χ4v) is 4.77. The number of aliphatic carboxylic acids is 2. The number of carbonyl (C=O) groups excluding carboxylic acids is 1. The fourth-order valence-electron chi connectivity index (χ4n) is 4.77. The van der Waals surface area contributed by atoms with Crippen LogP contribution < -0.4 is 0 Å². The maximum absolute atomic E-state index is 12.9. The van der Waals surface area contributed by atoms with E-state index in [1.54, 1.807) is 4.90 Å². The molecule has 218 valence electrons. The van der Waals surface area contributed by atoms with Crippen LogP contribution in [0.4, 0.5) is 0 Å². The van der Waals surface area contributed by atoms with Crippen LogP contribution in [-0.2, 0) is 14.4 Å². The molecule has 0 aromatic heterocycles. The van der Waals surface area contributed by atoms with Crippen LogP contribution in [0, 0.1) is 0 Å². The van der Waals surface area contributed by atoms with Gasteiger partial charge in [0.1, 0.15) is 0 Å². The van der Waals surface area contributed by atoms with Gasteiger partial charge in [-0.05, 0) is 12.8 Å². The van der Waals surface area contributed by atoms with Crippen LogP contribution in [0.5, 0.6) is 0 Å². The average Bonchev–Trinajstić information content (AvgIpc) is 2.84. The van der Waals surface area contributed by atoms with Gasteiger partial charge >= 0.3 is 11.9 Å². The van der Waals surface area contributed by atoms with E-state index < -0.39 is 36.3 Å². The zero-order chi connectivity index (χ0) is 27.8. The maximum atomic E-state index is 12.9. The van der Waals surface area contributed by atoms with Gasteiger partial charge < -0.3 is 20.2 Å². The zero-order valence-electron chi connectivity index (χ0n) is 24.0. The van der Waals surface area contributed by atoms with E-state index in [2.05, 4.69) is 13.8 Å². The first-order valence-corrected chi connectivity index (χ1v) is 15.2. The average molecular weight is 528 g/mol. The fraction of sp³-hybridized carbons (Fsp3) is 0.900. The second kappa shape index (κ2) is 23.5. The number of hydrogen-bond donors (Lipinski definition) is 3. The minimum Gasteiger partial charge on any atom is -0.481 e. The van der Waals surface area contributed by atoms with E-state index in [0.717, 1.165) is 38.5 Å². The molecule has 0 saturated heterocycles. The summed E-state index contributed by atoms with van der Waals surface area (Å²) < 4.78 is 0. The Hall–Kier alpha value is -1.63. The van der Waals surface area contributed by atoms with Gasteiger partial charge in [-0.3, -0.25) is 9.59 Å². The van der Waals surface area contributed by atoms with E-state index in [1.807, 2.05) is 0 Å². The third-order valence-corrected chi connectivity index (χ3v) is 7.20. The van der Waals surface area contributed by atoms with E-state index >= 15 is 0 Å². The van der Waals surface area contributed by atoms with Crippen molar-refractivity contribution in [3.63, 3.8) is 0 Å². The van der Waals surface area contributed by atoms with Gasteiger partial charge in [-0.2, -0.15) is 0 Å². The molecule has 1 amide bonds. The highest BCUT2D eigenvalue weighted by Crippen LogP contribution is 2.19. The molecule has 7 nitrogen and oxygen atoms in total. The van der Waals surface area contributed by atoms with Gasteiger partial charge in [-0.25, -0.2) is 4.79 Å². The normalized spacial score (nSPS) is 12.8. The van der Waals surface area contributed by atoms with Crippen molar-refractivity contribution in [1.29, 1.82) is 0 Å². The van der Waals surface area contributed by atoms with Crippen LogP contribution in [0.15, 0.2) is 0 Å². The smallest absolute Gasteiger partial charge is 0.336 e. The summed E-state index contributed by atoms with van der Waals surface area (Å²) in [6, 6.07) is 0. The monoisotopic (exact) mass is 527 g/mol. The van der Waals surface area contributed by atoms with Crippen molar-refractivity contribution in [2.24, 2.45) is 0 Å². The summed E-state index contributed by atoms with van der Waals surface area (Å²) >= 11 is 0. The van der Waals surface area contributed by atoms with Crippen molar-refractivity contribution < 1.29 is 29.7 Å². The number of nitrogens with zero attached hydrogens (tertiary/aromatic N) is 1. The maximum Gasteiger partial charge on any atom is 0.336 e. The highest BCUT2D eigenvalue weighted by atomic mass is 16.4. The molecule has 0 rings (SSSR count). The second-order valence-electron chi connectivity index (χ2n) is 10.8. The third kappa shape index (κ3) is 20.1. The second-order valence-corrected chi connectivity index (χ2v) is 10.8. The number of hydrogen-bond acceptors (Lipinski definition) is 4. The summed E-state index contributed by atoms with van der Waals surface area (Å²) in [5.74, 6) is -3.58. The zero-order valence-corrected chi connectivity index (χ0v) is 24.0. The molecule has 0 aromatic carbocycles. The first-order chi connectivity index (χ1) is 17.8. The van der Waals surface area contributed by atoms with Gasteiger partial charge in [0.15, 0.2) is 5.60 Å². The summed E-state index contributed by atoms with van der Waals surface area (Å²) in [7, 11) is 0. The number of unbranched alkanes of at least 4 members (excludes halogenated alkanes) is 18. The van der Waals surface area contributed by atoms with Crippen molar-refractivity contribution in [3.05, 3.63) is 0 Å². The van der Waals surface area contributed by atoms with Crippen molar-refractivity contribution >= 4 is 17.8 Å². The molecule has 0 heterocycles. The largest absolute Gasteiger partial charge is 0.481 e. The number of carbonyl (C=O) groups is 3. The molecule has 1 atom stereocenters. The van der Waals surface area contributed by atoms with E-state index in [9.17, 15) is 24.6 Å². The minimum absolute atomic E-state index is 0.474. The number of carboxylic acids is 2. The molecule has 3 N–H and O–H groups in total. The Bertz CT molecular complexity index is 573. The molecule has 0 aliphatic rings. The molecular weight excluding hydrogens is 470 g/mol. The molecule has 0 saturated carbocycles. The van der Waals surface area contributed by atoms with Crippen molar-refractivity contribution in [3.8, 4) is 0 Å². The molecule has 0 aliphatic carbocycles. The molecule has 0 bridgehead atoms. The molecular formula is C30H57NO6. The summed E-state index contributed by atoms with van der Waals surface area (Å²) in [6.07, 6.45) is 22.0. The van der Waals surface area contributed by atoms with E-state index in [4.69, 9.17) is 5.11 Å². The van der Waals surface area contributed by atoms with Crippen LogP contribution in [0.3, 0.4) is 0 Å². The van der Waals surface area contributed by atoms with Gasteiger partial charge in [-0.15, -0.1) is 0 Å². The summed E-state index contributed by atoms with van der Waals surface area (Å²) in [6.45, 7) is 5.49. The van der Waals surface area contributed by atoms with Crippen LogP contribution >= 0.6 is 0 Å². The highest BCUT2D eigenvalue weighted by molar-refractivity contribution is 5.90. The Morgan fingerprint density at radius 2 is 0.865 bits per heavy atom. The molecule has 0 spiro atoms. The third-order valence-electron chi connectivity index (χ3n) is 7.20. The molecule has 7 heteroatoms. The van der Waals surface area contributed by atoms with Crippen molar-refractivity contribution in [2.75, 3.05) is 13.1 Å². The van der Waals surface area contributed by atoms with E-state index in [1.165, 1.54) is 89.9 Å². The Morgan fingerprint density at radius 3 is 1.16 bits per heavy atom. The number of aliphatic hydroxyl groups is 1. The Balaban J connectivity index is 4.52. The van der Waals surface area contributed by atoms with Crippen molar-refractivity contribution in [1.82, 2.24) is 4.90 Å². The SMILES string of the molecule is CCCCCCCCCCCCN(CCCCCCCCCCCC)C(=O)CC(O)(CC(=O)O)C(=O)O. The quantitative estimate of drug-likeness (QED) is 0.0963. The van der Waals surface area contributed by atoms with Gasteiger partial charge in [-0.1, -0.05) is 129 Å². The van der Waals surface area contributed by atoms with Crippen LogP contribution in [0.2, 0.25) is 0 Å². The predicted octanol–water partition coefficient (Wildman–Crippen LogP) is 7.34. The standard InChI is InChI=1S/C30H57NO6/c1-3-5-7-9-11-13-15-17-19-21-23-31(24-22-20-18-16-14-12-10-8-6-4-2)27(32)25-30(37,29(35)36)26-28(33)34/h37H,3-26H2,1-2H3,(H,33,34)(H,35,36). The van der Waals surface area contributed by atoms with Crippen LogP contribution in [0.1, 0.15) is 155 Å². The van der Waals surface area contributed by atoms with Crippen LogP contribution in [0.25, 0.3) is 0 Å². The molecule has 0 aromatic rings. The van der Waals surface area contributed by atoms with Gasteiger partial charge in [0.2, 0.25) is 5.91 Å². The van der Waals surface area contributed by atoms with Crippen molar-refractivity contribution in [2.45, 2.75) is 161 Å². The topological polar surface area (TPSA) is 115 Å². The minimum atomic E-state index is -2.57. The summed E-state index contributed by atoms with van der Waals surface area (Å²) in [5, 5.41) is 28.7. The number of rotatable bonds is 27. The van der Waals surface area contributed by atoms with Crippen LogP contribution in [-0.4, -0.2) is 56.8 Å². The summed E-state index contributed by atoms with van der Waals surface area (Å²) in [5.41, 5.74) is -2.57. The highest BCUT2D eigenvalue weighted by Gasteiger charge is 2.41. The lowest BCUT2D eigenvalue weighted by atomic mass is 9.94. The Kier molecular flexibility index (Phi) is 22.4. The molecule has 37 heavy (non-hydrogen) atoms. The van der Waals surface area contributed by atoms with Gasteiger partial charge in [0, 0.05) is 13.1 Å². The number of carboxylic acid groups (broad SMARTS) is 2. The lowest BCUT2D eigenvalue weighted by Gasteiger charge is -2.27. The first kappa shape index (κ1) is 35.4. The van der Waals surface area contributed by atoms with E-state index in [-0.39, 0.29) is 0 Å².